The van der Waals surface area contributed by atoms with Gasteiger partial charge in [0, 0.05) is 0 Å². The number of hydrogen-bond acceptors (Lipinski definition) is 3. The predicted octanol–water partition coefficient (Wildman–Crippen LogP) is 2.66. The van der Waals surface area contributed by atoms with Gasteiger partial charge in [0.1, 0.15) is 6.10 Å². The van der Waals surface area contributed by atoms with Gasteiger partial charge in [-0.1, -0.05) is 12.5 Å². The fourth-order valence-corrected chi connectivity index (χ4v) is 1.40. The molecule has 1 aliphatic carbocycles. The molecule has 1 unspecified atom stereocenters. The molecule has 0 aliphatic heterocycles. The third kappa shape index (κ3) is 3.97. The van der Waals surface area contributed by atoms with Crippen molar-refractivity contribution in [2.24, 2.45) is 0 Å². The van der Waals surface area contributed by atoms with E-state index in [1.807, 2.05) is 6.08 Å². The average Bonchev–Trinajstić information content (AvgIpc) is 2.09. The predicted molar refractivity (Wildman–Crippen MR) is 49.5 cm³/mol. The van der Waals surface area contributed by atoms with Crippen molar-refractivity contribution in [2.45, 2.75) is 38.2 Å². The first-order valence-corrected chi connectivity index (χ1v) is 4.74. The number of ether oxygens (including phenoxy) is 2. The normalized spacial score (nSPS) is 25.5. The maximum absolute atomic E-state index is 10.8. The van der Waals surface area contributed by atoms with E-state index >= 15 is 0 Å². The number of rotatable bonds is 1. The van der Waals surface area contributed by atoms with Gasteiger partial charge in [-0.15, -0.1) is 0 Å². The Hall–Kier alpha value is -0.990. The van der Waals surface area contributed by atoms with Crippen molar-refractivity contribution >= 4 is 6.16 Å². The SMILES string of the molecule is COC(=O)OC1/C=C\CCCCC1. The molecule has 0 aromatic heterocycles. The molecule has 0 aromatic carbocycles. The summed E-state index contributed by atoms with van der Waals surface area (Å²) in [6.07, 6.45) is 8.91. The second-order valence-corrected chi connectivity index (χ2v) is 3.18. The fraction of sp³-hybridized carbons (Fsp3) is 0.700. The van der Waals surface area contributed by atoms with Crippen LogP contribution in [0.25, 0.3) is 0 Å². The van der Waals surface area contributed by atoms with Crippen LogP contribution in [-0.4, -0.2) is 19.4 Å². The Morgan fingerprint density at radius 1 is 1.38 bits per heavy atom. The molecule has 0 spiro atoms. The third-order valence-electron chi connectivity index (χ3n) is 2.12. The molecule has 0 saturated carbocycles. The van der Waals surface area contributed by atoms with Gasteiger partial charge in [-0.3, -0.25) is 0 Å². The van der Waals surface area contributed by atoms with E-state index in [1.54, 1.807) is 0 Å². The third-order valence-corrected chi connectivity index (χ3v) is 2.12. The van der Waals surface area contributed by atoms with Crippen LogP contribution in [0, 0.1) is 0 Å². The maximum atomic E-state index is 10.8. The number of allylic oxidation sites excluding steroid dienone is 1. The van der Waals surface area contributed by atoms with Crippen LogP contribution in [-0.2, 0) is 9.47 Å². The van der Waals surface area contributed by atoms with Crippen LogP contribution in [0.3, 0.4) is 0 Å². The Kier molecular flexibility index (Phi) is 4.36. The lowest BCUT2D eigenvalue weighted by molar-refractivity contribution is 0.0488. The van der Waals surface area contributed by atoms with Crippen LogP contribution in [0.4, 0.5) is 4.79 Å². The van der Waals surface area contributed by atoms with Crippen molar-refractivity contribution in [3.05, 3.63) is 12.2 Å². The first-order chi connectivity index (χ1) is 6.33. The summed E-state index contributed by atoms with van der Waals surface area (Å²) in [4.78, 5) is 10.8. The number of methoxy groups -OCH3 is 1. The summed E-state index contributed by atoms with van der Waals surface area (Å²) < 4.78 is 9.46. The number of carbonyl (C=O) groups excluding carboxylic acids is 1. The van der Waals surface area contributed by atoms with Gasteiger partial charge >= 0.3 is 6.16 Å². The zero-order valence-electron chi connectivity index (χ0n) is 7.99. The van der Waals surface area contributed by atoms with E-state index in [0.717, 1.165) is 19.3 Å². The molecule has 13 heavy (non-hydrogen) atoms. The smallest absolute Gasteiger partial charge is 0.438 e. The molecule has 1 rings (SSSR count). The van der Waals surface area contributed by atoms with Crippen LogP contribution >= 0.6 is 0 Å². The van der Waals surface area contributed by atoms with Gasteiger partial charge < -0.3 is 9.47 Å². The molecule has 0 radical (unpaired) electrons. The zero-order valence-corrected chi connectivity index (χ0v) is 7.99. The van der Waals surface area contributed by atoms with Gasteiger partial charge in [0.15, 0.2) is 0 Å². The van der Waals surface area contributed by atoms with Gasteiger partial charge in [0.05, 0.1) is 7.11 Å². The molecule has 0 fully saturated rings. The van der Waals surface area contributed by atoms with E-state index in [-0.39, 0.29) is 6.10 Å². The fourth-order valence-electron chi connectivity index (χ4n) is 1.40. The van der Waals surface area contributed by atoms with Crippen molar-refractivity contribution in [1.29, 1.82) is 0 Å². The first-order valence-electron chi connectivity index (χ1n) is 4.74. The van der Waals surface area contributed by atoms with E-state index in [4.69, 9.17) is 4.74 Å². The van der Waals surface area contributed by atoms with Crippen LogP contribution in [0.2, 0.25) is 0 Å². The Morgan fingerprint density at radius 2 is 2.23 bits per heavy atom. The van der Waals surface area contributed by atoms with Crippen LogP contribution in [0.1, 0.15) is 32.1 Å². The number of hydrogen-bond donors (Lipinski definition) is 0. The van der Waals surface area contributed by atoms with Gasteiger partial charge in [-0.25, -0.2) is 4.79 Å². The van der Waals surface area contributed by atoms with Crippen LogP contribution < -0.4 is 0 Å². The molecule has 3 nitrogen and oxygen atoms in total. The Balaban J connectivity index is 2.37. The maximum Gasteiger partial charge on any atom is 0.508 e. The Bertz CT molecular complexity index is 187. The molecule has 0 heterocycles. The highest BCUT2D eigenvalue weighted by Crippen LogP contribution is 2.14. The average molecular weight is 184 g/mol. The first kappa shape index (κ1) is 10.1. The highest BCUT2D eigenvalue weighted by molar-refractivity contribution is 5.60. The van der Waals surface area contributed by atoms with Crippen molar-refractivity contribution in [2.75, 3.05) is 7.11 Å². The van der Waals surface area contributed by atoms with Crippen molar-refractivity contribution < 1.29 is 14.3 Å². The highest BCUT2D eigenvalue weighted by Gasteiger charge is 2.11. The van der Waals surface area contributed by atoms with E-state index in [9.17, 15) is 4.79 Å². The highest BCUT2D eigenvalue weighted by atomic mass is 16.7. The lowest BCUT2D eigenvalue weighted by Crippen LogP contribution is -2.16. The largest absolute Gasteiger partial charge is 0.508 e. The summed E-state index contributed by atoms with van der Waals surface area (Å²) in [5, 5.41) is 0. The molecule has 0 saturated heterocycles. The second-order valence-electron chi connectivity index (χ2n) is 3.18. The minimum atomic E-state index is -0.588. The molecule has 74 valence electrons. The summed E-state index contributed by atoms with van der Waals surface area (Å²) in [5.41, 5.74) is 0. The minimum absolute atomic E-state index is 0.0900. The van der Waals surface area contributed by atoms with Crippen LogP contribution in [0.15, 0.2) is 12.2 Å². The van der Waals surface area contributed by atoms with Gasteiger partial charge in [0.25, 0.3) is 0 Å². The lowest BCUT2D eigenvalue weighted by atomic mass is 10.0. The standard InChI is InChI=1S/C10H16O3/c1-12-10(11)13-9-7-5-3-2-4-6-8-9/h5,7,9H,2-4,6,8H2,1H3/b7-5-. The van der Waals surface area contributed by atoms with Gasteiger partial charge in [0.2, 0.25) is 0 Å². The summed E-state index contributed by atoms with van der Waals surface area (Å²) in [6, 6.07) is 0. The molecule has 1 atom stereocenters. The minimum Gasteiger partial charge on any atom is -0.438 e. The van der Waals surface area contributed by atoms with E-state index < -0.39 is 6.16 Å². The summed E-state index contributed by atoms with van der Waals surface area (Å²) in [5.74, 6) is 0. The van der Waals surface area contributed by atoms with Crippen LogP contribution in [0.5, 0.6) is 0 Å². The molecule has 1 aliphatic rings. The van der Waals surface area contributed by atoms with E-state index in [2.05, 4.69) is 10.8 Å². The summed E-state index contributed by atoms with van der Waals surface area (Å²) >= 11 is 0. The monoisotopic (exact) mass is 184 g/mol. The van der Waals surface area contributed by atoms with E-state index in [1.165, 1.54) is 20.0 Å². The Morgan fingerprint density at radius 3 is 3.00 bits per heavy atom. The molecular weight excluding hydrogens is 168 g/mol. The molecule has 0 aromatic rings. The van der Waals surface area contributed by atoms with Crippen molar-refractivity contribution in [3.8, 4) is 0 Å². The van der Waals surface area contributed by atoms with Crippen molar-refractivity contribution in [3.63, 3.8) is 0 Å². The van der Waals surface area contributed by atoms with Gasteiger partial charge in [-0.05, 0) is 31.8 Å². The molecule has 3 heteroatoms. The molecule has 0 bridgehead atoms. The molecule has 0 amide bonds. The Labute approximate surface area is 78.7 Å². The molecular formula is C10H16O3. The lowest BCUT2D eigenvalue weighted by Gasteiger charge is -2.14. The van der Waals surface area contributed by atoms with Gasteiger partial charge in [-0.2, -0.15) is 0 Å². The number of carbonyl (C=O) groups is 1. The van der Waals surface area contributed by atoms with Crippen molar-refractivity contribution in [1.82, 2.24) is 0 Å². The zero-order chi connectivity index (χ0) is 9.52. The summed E-state index contributed by atoms with van der Waals surface area (Å²) in [7, 11) is 1.33. The topological polar surface area (TPSA) is 35.5 Å². The second kappa shape index (κ2) is 5.62. The molecule has 0 N–H and O–H groups in total. The quantitative estimate of drug-likeness (QED) is 0.464. The summed E-state index contributed by atoms with van der Waals surface area (Å²) in [6.45, 7) is 0. The van der Waals surface area contributed by atoms with E-state index in [0.29, 0.717) is 0 Å².